The number of allylic oxidation sites excluding steroid dienone is 3. The summed E-state index contributed by atoms with van der Waals surface area (Å²) >= 11 is 0. The summed E-state index contributed by atoms with van der Waals surface area (Å²) in [4.78, 5) is 10.8. The standard InChI is InChI=1S/C12H16O3/c1-3-4-5-7-11(10-13)8-6-9-12(14)15-2/h1,4-5,7,13H,6,8-10H2,2H3/b5-4-,11-7-. The van der Waals surface area contributed by atoms with Crippen LogP contribution in [0.15, 0.2) is 23.8 Å². The molecule has 0 rings (SSSR count). The minimum Gasteiger partial charge on any atom is -0.469 e. The number of esters is 1. The fourth-order valence-corrected chi connectivity index (χ4v) is 1.02. The summed E-state index contributed by atoms with van der Waals surface area (Å²) in [5.41, 5.74) is 0.852. The minimum atomic E-state index is -0.230. The number of aliphatic hydroxyl groups excluding tert-OH is 1. The number of aliphatic hydroxyl groups is 1. The molecule has 0 aliphatic carbocycles. The van der Waals surface area contributed by atoms with Crippen molar-refractivity contribution in [3.05, 3.63) is 23.8 Å². The Bertz CT molecular complexity index is 282. The fraction of sp³-hybridized carbons (Fsp3) is 0.417. The highest BCUT2D eigenvalue weighted by Gasteiger charge is 2.01. The molecule has 0 saturated carbocycles. The number of hydrogen-bond donors (Lipinski definition) is 1. The number of hydrogen-bond acceptors (Lipinski definition) is 3. The molecule has 0 atom stereocenters. The lowest BCUT2D eigenvalue weighted by Crippen LogP contribution is -2.00. The molecule has 0 amide bonds. The third-order valence-corrected chi connectivity index (χ3v) is 1.83. The van der Waals surface area contributed by atoms with E-state index in [4.69, 9.17) is 11.5 Å². The van der Waals surface area contributed by atoms with E-state index in [0.717, 1.165) is 5.57 Å². The highest BCUT2D eigenvalue weighted by atomic mass is 16.5. The lowest BCUT2D eigenvalue weighted by Gasteiger charge is -2.02. The molecule has 3 nitrogen and oxygen atoms in total. The summed E-state index contributed by atoms with van der Waals surface area (Å²) in [6, 6.07) is 0. The Morgan fingerprint density at radius 2 is 2.27 bits per heavy atom. The zero-order chi connectivity index (χ0) is 11.5. The average Bonchev–Trinajstić information content (AvgIpc) is 2.26. The van der Waals surface area contributed by atoms with Crippen LogP contribution in [-0.2, 0) is 9.53 Å². The second kappa shape index (κ2) is 9.04. The Hall–Kier alpha value is -1.53. The fourth-order valence-electron chi connectivity index (χ4n) is 1.02. The Kier molecular flexibility index (Phi) is 8.12. The number of rotatable bonds is 6. The average molecular weight is 208 g/mol. The molecule has 0 aromatic carbocycles. The third kappa shape index (κ3) is 7.53. The van der Waals surface area contributed by atoms with Gasteiger partial charge in [0.2, 0.25) is 0 Å². The highest BCUT2D eigenvalue weighted by molar-refractivity contribution is 5.69. The summed E-state index contributed by atoms with van der Waals surface area (Å²) in [5.74, 6) is 2.12. The van der Waals surface area contributed by atoms with Crippen LogP contribution >= 0.6 is 0 Å². The molecule has 0 fully saturated rings. The Morgan fingerprint density at radius 1 is 1.53 bits per heavy atom. The molecule has 0 aromatic heterocycles. The molecule has 0 saturated heterocycles. The van der Waals surface area contributed by atoms with Crippen LogP contribution in [0.25, 0.3) is 0 Å². The molecular formula is C12H16O3. The van der Waals surface area contributed by atoms with Gasteiger partial charge < -0.3 is 9.84 Å². The van der Waals surface area contributed by atoms with Gasteiger partial charge in [-0.3, -0.25) is 4.79 Å². The normalized spacial score (nSPS) is 11.4. The van der Waals surface area contributed by atoms with Crippen molar-refractivity contribution in [1.29, 1.82) is 0 Å². The van der Waals surface area contributed by atoms with Crippen molar-refractivity contribution in [2.24, 2.45) is 0 Å². The Labute approximate surface area is 90.4 Å². The highest BCUT2D eigenvalue weighted by Crippen LogP contribution is 2.07. The first-order chi connectivity index (χ1) is 7.24. The van der Waals surface area contributed by atoms with E-state index >= 15 is 0 Å². The minimum absolute atomic E-state index is 0.0178. The van der Waals surface area contributed by atoms with Crippen LogP contribution in [0.4, 0.5) is 0 Å². The van der Waals surface area contributed by atoms with E-state index in [9.17, 15) is 4.79 Å². The van der Waals surface area contributed by atoms with Gasteiger partial charge in [-0.1, -0.05) is 18.1 Å². The predicted molar refractivity (Wildman–Crippen MR) is 59.0 cm³/mol. The van der Waals surface area contributed by atoms with Crippen LogP contribution in [-0.4, -0.2) is 24.8 Å². The molecule has 82 valence electrons. The molecule has 0 heterocycles. The van der Waals surface area contributed by atoms with E-state index < -0.39 is 0 Å². The van der Waals surface area contributed by atoms with Crippen molar-refractivity contribution in [3.63, 3.8) is 0 Å². The monoisotopic (exact) mass is 208 g/mol. The quantitative estimate of drug-likeness (QED) is 0.408. The Morgan fingerprint density at radius 3 is 2.80 bits per heavy atom. The van der Waals surface area contributed by atoms with Crippen molar-refractivity contribution >= 4 is 5.97 Å². The number of carbonyl (C=O) groups is 1. The first-order valence-electron chi connectivity index (χ1n) is 4.73. The molecule has 0 aliphatic rings. The predicted octanol–water partition coefficient (Wildman–Crippen LogP) is 1.44. The second-order valence-electron chi connectivity index (χ2n) is 2.94. The van der Waals surface area contributed by atoms with Crippen molar-refractivity contribution in [3.8, 4) is 12.3 Å². The smallest absolute Gasteiger partial charge is 0.305 e. The summed E-state index contributed by atoms with van der Waals surface area (Å²) < 4.78 is 4.50. The van der Waals surface area contributed by atoms with Gasteiger partial charge in [-0.2, -0.15) is 0 Å². The number of carbonyl (C=O) groups excluding carboxylic acids is 1. The maximum absolute atomic E-state index is 10.8. The first-order valence-corrected chi connectivity index (χ1v) is 4.73. The number of ether oxygens (including phenoxy) is 1. The molecule has 3 heteroatoms. The zero-order valence-corrected chi connectivity index (χ0v) is 8.90. The van der Waals surface area contributed by atoms with Crippen molar-refractivity contribution < 1.29 is 14.6 Å². The van der Waals surface area contributed by atoms with E-state index in [1.165, 1.54) is 7.11 Å². The number of methoxy groups -OCH3 is 1. The van der Waals surface area contributed by atoms with Crippen LogP contribution in [0.3, 0.4) is 0 Å². The topological polar surface area (TPSA) is 46.5 Å². The van der Waals surface area contributed by atoms with Gasteiger partial charge >= 0.3 is 5.97 Å². The van der Waals surface area contributed by atoms with Gasteiger partial charge in [-0.15, -0.1) is 6.42 Å². The van der Waals surface area contributed by atoms with Crippen LogP contribution in [0.2, 0.25) is 0 Å². The van der Waals surface area contributed by atoms with Crippen LogP contribution < -0.4 is 0 Å². The summed E-state index contributed by atoms with van der Waals surface area (Å²) in [7, 11) is 1.36. The molecule has 0 bridgehead atoms. The van der Waals surface area contributed by atoms with Gasteiger partial charge in [0.15, 0.2) is 0 Å². The Balaban J connectivity index is 3.91. The molecule has 0 aromatic rings. The summed E-state index contributed by atoms with van der Waals surface area (Å²) in [6.07, 6.45) is 11.7. The molecular weight excluding hydrogens is 192 g/mol. The van der Waals surface area contributed by atoms with Gasteiger partial charge in [0.05, 0.1) is 13.7 Å². The first kappa shape index (κ1) is 13.5. The zero-order valence-electron chi connectivity index (χ0n) is 8.90. The van der Waals surface area contributed by atoms with Gasteiger partial charge in [0.1, 0.15) is 0 Å². The van der Waals surface area contributed by atoms with E-state index in [1.54, 1.807) is 18.2 Å². The van der Waals surface area contributed by atoms with E-state index in [1.807, 2.05) is 0 Å². The largest absolute Gasteiger partial charge is 0.469 e. The lowest BCUT2D eigenvalue weighted by molar-refractivity contribution is -0.140. The lowest BCUT2D eigenvalue weighted by atomic mass is 10.1. The SMILES string of the molecule is C#C/C=C\C=C(/CO)CCCC(=O)OC. The molecule has 0 aliphatic heterocycles. The van der Waals surface area contributed by atoms with Crippen LogP contribution in [0.1, 0.15) is 19.3 Å². The maximum atomic E-state index is 10.8. The van der Waals surface area contributed by atoms with E-state index in [0.29, 0.717) is 19.3 Å². The van der Waals surface area contributed by atoms with Gasteiger partial charge in [0.25, 0.3) is 0 Å². The van der Waals surface area contributed by atoms with Crippen molar-refractivity contribution in [1.82, 2.24) is 0 Å². The van der Waals surface area contributed by atoms with Crippen molar-refractivity contribution in [2.45, 2.75) is 19.3 Å². The number of terminal acetylenes is 1. The van der Waals surface area contributed by atoms with Gasteiger partial charge in [0, 0.05) is 6.42 Å². The van der Waals surface area contributed by atoms with Crippen LogP contribution in [0.5, 0.6) is 0 Å². The van der Waals surface area contributed by atoms with Crippen LogP contribution in [0, 0.1) is 12.3 Å². The van der Waals surface area contributed by atoms with E-state index in [2.05, 4.69) is 10.7 Å². The second-order valence-corrected chi connectivity index (χ2v) is 2.94. The van der Waals surface area contributed by atoms with Gasteiger partial charge in [-0.25, -0.2) is 0 Å². The third-order valence-electron chi connectivity index (χ3n) is 1.83. The summed E-state index contributed by atoms with van der Waals surface area (Å²) in [6.45, 7) is -0.0178. The summed E-state index contributed by atoms with van der Waals surface area (Å²) in [5, 5.41) is 8.98. The molecule has 0 radical (unpaired) electrons. The molecule has 0 unspecified atom stereocenters. The molecule has 0 spiro atoms. The van der Waals surface area contributed by atoms with Crippen molar-refractivity contribution in [2.75, 3.05) is 13.7 Å². The van der Waals surface area contributed by atoms with E-state index in [-0.39, 0.29) is 12.6 Å². The van der Waals surface area contributed by atoms with Gasteiger partial charge in [-0.05, 0) is 24.5 Å². The molecule has 1 N–H and O–H groups in total. The maximum Gasteiger partial charge on any atom is 0.305 e. The molecule has 15 heavy (non-hydrogen) atoms.